The highest BCUT2D eigenvalue weighted by atomic mass is 16.5. The van der Waals surface area contributed by atoms with E-state index in [1.165, 1.54) is 0 Å². The van der Waals surface area contributed by atoms with E-state index in [0.717, 1.165) is 36.5 Å². The molecule has 0 bridgehead atoms. The quantitative estimate of drug-likeness (QED) is 0.539. The van der Waals surface area contributed by atoms with Gasteiger partial charge >= 0.3 is 0 Å². The van der Waals surface area contributed by atoms with E-state index in [9.17, 15) is 0 Å². The third-order valence-electron chi connectivity index (χ3n) is 4.78. The average molecular weight is 387 g/mol. The molecule has 1 unspecified atom stereocenters. The summed E-state index contributed by atoms with van der Waals surface area (Å²) in [6.07, 6.45) is 12.5. The Kier molecular flexibility index (Phi) is 6.28. The molecule has 1 atom stereocenters. The van der Waals surface area contributed by atoms with E-state index in [1.54, 1.807) is 0 Å². The van der Waals surface area contributed by atoms with Gasteiger partial charge < -0.3 is 18.9 Å². The molecule has 148 valence electrons. The topological polar surface area (TPSA) is 39.5 Å². The molecule has 1 aliphatic rings. The highest BCUT2D eigenvalue weighted by Crippen LogP contribution is 2.23. The lowest BCUT2D eigenvalue weighted by molar-refractivity contribution is 0.0895. The lowest BCUT2D eigenvalue weighted by Gasteiger charge is -2.26. The molecular formula is C24H25N3O2. The third-order valence-corrected chi connectivity index (χ3v) is 4.78. The second-order valence-electron chi connectivity index (χ2n) is 6.85. The molecular weight excluding hydrogens is 362 g/mol. The fourth-order valence-corrected chi connectivity index (χ4v) is 3.26. The van der Waals surface area contributed by atoms with E-state index in [-0.39, 0.29) is 6.23 Å². The van der Waals surface area contributed by atoms with Crippen molar-refractivity contribution in [3.63, 3.8) is 0 Å². The van der Waals surface area contributed by atoms with Gasteiger partial charge in [-0.3, -0.25) is 0 Å². The first-order chi connectivity index (χ1) is 14.4. The SMILES string of the molecule is C1=C(COc2ccccc2)N(CCCn2ccnc2)C(/C=C/c2ccccc2)O1. The van der Waals surface area contributed by atoms with Gasteiger partial charge in [0.25, 0.3) is 0 Å². The Bertz CT molecular complexity index is 921. The van der Waals surface area contributed by atoms with Crippen molar-refractivity contribution in [3.8, 4) is 5.75 Å². The van der Waals surface area contributed by atoms with Crippen LogP contribution in [0.15, 0.2) is 97.4 Å². The summed E-state index contributed by atoms with van der Waals surface area (Å²) < 4.78 is 14.0. The van der Waals surface area contributed by atoms with Crippen molar-refractivity contribution < 1.29 is 9.47 Å². The molecule has 5 nitrogen and oxygen atoms in total. The van der Waals surface area contributed by atoms with Crippen LogP contribution < -0.4 is 4.74 Å². The zero-order valence-electron chi connectivity index (χ0n) is 16.3. The number of hydrogen-bond acceptors (Lipinski definition) is 4. The largest absolute Gasteiger partial charge is 0.487 e. The minimum absolute atomic E-state index is 0.132. The second-order valence-corrected chi connectivity index (χ2v) is 6.85. The van der Waals surface area contributed by atoms with Crippen molar-refractivity contribution in [2.75, 3.05) is 13.2 Å². The molecule has 29 heavy (non-hydrogen) atoms. The molecule has 0 spiro atoms. The molecule has 0 N–H and O–H groups in total. The van der Waals surface area contributed by atoms with Crippen molar-refractivity contribution in [1.82, 2.24) is 14.5 Å². The molecule has 5 heteroatoms. The van der Waals surface area contributed by atoms with Crippen LogP contribution in [0, 0.1) is 0 Å². The van der Waals surface area contributed by atoms with Crippen LogP contribution in [0.1, 0.15) is 12.0 Å². The number of rotatable bonds is 9. The van der Waals surface area contributed by atoms with Crippen molar-refractivity contribution in [1.29, 1.82) is 0 Å². The minimum Gasteiger partial charge on any atom is -0.487 e. The molecule has 0 aliphatic carbocycles. The van der Waals surface area contributed by atoms with Crippen LogP contribution in [-0.4, -0.2) is 33.8 Å². The van der Waals surface area contributed by atoms with Crippen molar-refractivity contribution >= 4 is 6.08 Å². The molecule has 0 saturated heterocycles. The van der Waals surface area contributed by atoms with Crippen LogP contribution in [-0.2, 0) is 11.3 Å². The zero-order valence-corrected chi connectivity index (χ0v) is 16.3. The monoisotopic (exact) mass is 387 g/mol. The number of hydrogen-bond donors (Lipinski definition) is 0. The number of aromatic nitrogens is 2. The van der Waals surface area contributed by atoms with Crippen LogP contribution in [0.25, 0.3) is 6.08 Å². The summed E-state index contributed by atoms with van der Waals surface area (Å²) in [4.78, 5) is 6.37. The van der Waals surface area contributed by atoms with Crippen molar-refractivity contribution in [2.45, 2.75) is 19.2 Å². The molecule has 2 heterocycles. The first-order valence-corrected chi connectivity index (χ1v) is 9.86. The summed E-state index contributed by atoms with van der Waals surface area (Å²) in [5.41, 5.74) is 2.20. The fourth-order valence-electron chi connectivity index (χ4n) is 3.26. The predicted molar refractivity (Wildman–Crippen MR) is 114 cm³/mol. The van der Waals surface area contributed by atoms with Gasteiger partial charge in [0.2, 0.25) is 0 Å². The number of aryl methyl sites for hydroxylation is 1. The normalized spacial score (nSPS) is 16.1. The Morgan fingerprint density at radius 3 is 2.55 bits per heavy atom. The molecule has 1 aliphatic heterocycles. The van der Waals surface area contributed by atoms with E-state index in [4.69, 9.17) is 9.47 Å². The maximum Gasteiger partial charge on any atom is 0.191 e. The first kappa shape index (κ1) is 18.9. The van der Waals surface area contributed by atoms with E-state index < -0.39 is 0 Å². The highest BCUT2D eigenvalue weighted by Gasteiger charge is 2.25. The maximum absolute atomic E-state index is 5.95. The smallest absolute Gasteiger partial charge is 0.191 e. The van der Waals surface area contributed by atoms with Gasteiger partial charge in [0, 0.05) is 25.5 Å². The van der Waals surface area contributed by atoms with Gasteiger partial charge in [-0.25, -0.2) is 4.98 Å². The second kappa shape index (κ2) is 9.64. The predicted octanol–water partition coefficient (Wildman–Crippen LogP) is 4.57. The van der Waals surface area contributed by atoms with Gasteiger partial charge in [0.05, 0.1) is 12.0 Å². The van der Waals surface area contributed by atoms with Gasteiger partial charge in [-0.05, 0) is 30.2 Å². The molecule has 2 aromatic carbocycles. The highest BCUT2D eigenvalue weighted by molar-refractivity contribution is 5.49. The van der Waals surface area contributed by atoms with Gasteiger partial charge in [0.1, 0.15) is 18.6 Å². The van der Waals surface area contributed by atoms with Crippen molar-refractivity contribution in [2.24, 2.45) is 0 Å². The Balaban J connectivity index is 1.40. The molecule has 4 rings (SSSR count). The summed E-state index contributed by atoms with van der Waals surface area (Å²) in [6, 6.07) is 20.1. The molecule has 0 radical (unpaired) electrons. The number of para-hydroxylation sites is 1. The van der Waals surface area contributed by atoms with Gasteiger partial charge in [-0.2, -0.15) is 0 Å². The minimum atomic E-state index is -0.132. The fraction of sp³-hybridized carbons (Fsp3) is 0.208. The number of imidazole rings is 1. The Labute approximate surface area is 171 Å². The van der Waals surface area contributed by atoms with E-state index in [2.05, 4.69) is 38.7 Å². The number of nitrogens with zero attached hydrogens (tertiary/aromatic N) is 3. The van der Waals surface area contributed by atoms with Crippen LogP contribution in [0.3, 0.4) is 0 Å². The van der Waals surface area contributed by atoms with Gasteiger partial charge in [0.15, 0.2) is 6.23 Å². The number of benzene rings is 2. The van der Waals surface area contributed by atoms with Crippen LogP contribution in [0.4, 0.5) is 0 Å². The average Bonchev–Trinajstić information content (AvgIpc) is 3.42. The summed E-state index contributed by atoms with van der Waals surface area (Å²) in [7, 11) is 0. The van der Waals surface area contributed by atoms with Crippen LogP contribution in [0.2, 0.25) is 0 Å². The molecule has 0 amide bonds. The maximum atomic E-state index is 5.95. The van der Waals surface area contributed by atoms with E-state index in [1.807, 2.05) is 73.5 Å². The Morgan fingerprint density at radius 1 is 1.00 bits per heavy atom. The van der Waals surface area contributed by atoms with E-state index in [0.29, 0.717) is 6.61 Å². The molecule has 0 fully saturated rings. The standard InChI is InChI=1S/C24H25N3O2/c1-3-8-21(9-4-1)12-13-24-27(16-7-15-26-17-14-25-20-26)22(19-29-24)18-28-23-10-5-2-6-11-23/h1-6,8-14,17,19-20,24H,7,15-16,18H2/b13-12+. The van der Waals surface area contributed by atoms with E-state index >= 15 is 0 Å². The zero-order chi connectivity index (χ0) is 19.7. The van der Waals surface area contributed by atoms with Crippen molar-refractivity contribution in [3.05, 3.63) is 103 Å². The lowest BCUT2D eigenvalue weighted by atomic mass is 10.2. The summed E-state index contributed by atoms with van der Waals surface area (Å²) in [5.74, 6) is 0.857. The Hall–Kier alpha value is -3.47. The lowest BCUT2D eigenvalue weighted by Crippen LogP contribution is -2.32. The summed E-state index contributed by atoms with van der Waals surface area (Å²) >= 11 is 0. The molecule has 1 aromatic heterocycles. The van der Waals surface area contributed by atoms with Crippen LogP contribution >= 0.6 is 0 Å². The third kappa shape index (κ3) is 5.29. The Morgan fingerprint density at radius 2 is 1.79 bits per heavy atom. The number of ether oxygens (including phenoxy) is 2. The van der Waals surface area contributed by atoms with Gasteiger partial charge in [-0.15, -0.1) is 0 Å². The molecule has 0 saturated carbocycles. The first-order valence-electron chi connectivity index (χ1n) is 9.86. The van der Waals surface area contributed by atoms with Crippen LogP contribution in [0.5, 0.6) is 5.75 Å². The summed E-state index contributed by atoms with van der Waals surface area (Å²) in [6.45, 7) is 2.26. The summed E-state index contributed by atoms with van der Waals surface area (Å²) in [5, 5.41) is 0. The molecule has 3 aromatic rings. The van der Waals surface area contributed by atoms with Gasteiger partial charge in [-0.1, -0.05) is 54.6 Å².